The van der Waals surface area contributed by atoms with Crippen molar-refractivity contribution in [3.05, 3.63) is 71.3 Å². The Kier molecular flexibility index (Phi) is 6.93. The molecule has 3 rings (SSSR count). The second-order valence-electron chi connectivity index (χ2n) is 7.75. The lowest BCUT2D eigenvalue weighted by Crippen LogP contribution is -2.37. The zero-order valence-electron chi connectivity index (χ0n) is 18.6. The third-order valence-corrected chi connectivity index (χ3v) is 5.38. The summed E-state index contributed by atoms with van der Waals surface area (Å²) in [6, 6.07) is 17.8. The van der Waals surface area contributed by atoms with Gasteiger partial charge in [-0.15, -0.1) is 0 Å². The predicted molar refractivity (Wildman–Crippen MR) is 122 cm³/mol. The largest absolute Gasteiger partial charge is 0.341 e. The number of amides is 1. The number of carbonyl (C=O) groups excluding carboxylic acids is 1. The summed E-state index contributed by atoms with van der Waals surface area (Å²) in [5.41, 5.74) is 4.55. The number of hydrogen-bond donors (Lipinski definition) is 0. The summed E-state index contributed by atoms with van der Waals surface area (Å²) in [5.74, 6) is 0.747. The Hall–Kier alpha value is -3.08. The molecule has 0 bridgehead atoms. The lowest BCUT2D eigenvalue weighted by Gasteiger charge is -2.28. The van der Waals surface area contributed by atoms with Gasteiger partial charge in [-0.25, -0.2) is 0 Å². The van der Waals surface area contributed by atoms with Gasteiger partial charge in [-0.2, -0.15) is 0 Å². The molecule has 0 aliphatic heterocycles. The van der Waals surface area contributed by atoms with E-state index >= 15 is 0 Å². The minimum absolute atomic E-state index is 0.00992. The molecule has 0 fully saturated rings. The van der Waals surface area contributed by atoms with Crippen molar-refractivity contribution in [2.45, 2.75) is 47.2 Å². The zero-order valence-corrected chi connectivity index (χ0v) is 18.6. The summed E-state index contributed by atoms with van der Waals surface area (Å²) in [6.45, 7) is 12.3. The molecule has 0 atom stereocenters. The third kappa shape index (κ3) is 4.56. The van der Waals surface area contributed by atoms with Crippen molar-refractivity contribution in [3.8, 4) is 11.3 Å². The van der Waals surface area contributed by atoms with Crippen LogP contribution in [0.3, 0.4) is 0 Å². The van der Waals surface area contributed by atoms with Gasteiger partial charge in [0.1, 0.15) is 5.69 Å². The molecule has 0 N–H and O–H groups in total. The highest BCUT2D eigenvalue weighted by atomic mass is 16.5. The van der Waals surface area contributed by atoms with Crippen LogP contribution in [0, 0.1) is 6.92 Å². The van der Waals surface area contributed by atoms with Gasteiger partial charge < -0.3 is 14.3 Å². The Labute approximate surface area is 179 Å². The van der Waals surface area contributed by atoms with Crippen LogP contribution in [-0.2, 0) is 6.54 Å². The van der Waals surface area contributed by atoms with E-state index in [0.29, 0.717) is 12.1 Å². The molecule has 1 heterocycles. The summed E-state index contributed by atoms with van der Waals surface area (Å²) in [4.78, 5) is 17.4. The van der Waals surface area contributed by atoms with Crippen molar-refractivity contribution in [3.63, 3.8) is 0 Å². The molecule has 1 amide bonds. The van der Waals surface area contributed by atoms with Gasteiger partial charge in [0.15, 0.2) is 0 Å². The normalized spacial score (nSPS) is 11.0. The van der Waals surface area contributed by atoms with E-state index in [1.54, 1.807) is 0 Å². The second kappa shape index (κ2) is 9.61. The van der Waals surface area contributed by atoms with Gasteiger partial charge in [0, 0.05) is 30.3 Å². The Balaban J connectivity index is 2.03. The molecule has 2 aromatic carbocycles. The van der Waals surface area contributed by atoms with E-state index in [2.05, 4.69) is 23.9 Å². The first-order valence-electron chi connectivity index (χ1n) is 10.6. The number of nitrogens with zero attached hydrogens (tertiary/aromatic N) is 3. The molecule has 1 aromatic heterocycles. The van der Waals surface area contributed by atoms with E-state index in [9.17, 15) is 4.79 Å². The molecule has 0 saturated carbocycles. The highest BCUT2D eigenvalue weighted by molar-refractivity contribution is 5.94. The maximum atomic E-state index is 13.4. The molecule has 0 saturated heterocycles. The smallest absolute Gasteiger partial charge is 0.254 e. The average molecular weight is 406 g/mol. The summed E-state index contributed by atoms with van der Waals surface area (Å²) in [5, 5.41) is 4.40. The quantitative estimate of drug-likeness (QED) is 0.493. The van der Waals surface area contributed by atoms with Crippen molar-refractivity contribution < 1.29 is 9.32 Å². The van der Waals surface area contributed by atoms with Crippen molar-refractivity contribution in [1.29, 1.82) is 0 Å². The Morgan fingerprint density at radius 1 is 1.00 bits per heavy atom. The number of aromatic nitrogens is 1. The molecule has 5 nitrogen and oxygen atoms in total. The monoisotopic (exact) mass is 405 g/mol. The first-order valence-corrected chi connectivity index (χ1v) is 10.6. The Morgan fingerprint density at radius 2 is 1.63 bits per heavy atom. The fourth-order valence-electron chi connectivity index (χ4n) is 3.55. The summed E-state index contributed by atoms with van der Waals surface area (Å²) >= 11 is 0. The van der Waals surface area contributed by atoms with Gasteiger partial charge in [0.05, 0.1) is 12.1 Å². The molecule has 30 heavy (non-hydrogen) atoms. The average Bonchev–Trinajstić information content (AvgIpc) is 3.17. The van der Waals surface area contributed by atoms with Crippen LogP contribution in [0.5, 0.6) is 0 Å². The fourth-order valence-corrected chi connectivity index (χ4v) is 3.55. The number of hydrogen-bond acceptors (Lipinski definition) is 4. The first-order chi connectivity index (χ1) is 14.5. The maximum Gasteiger partial charge on any atom is 0.254 e. The van der Waals surface area contributed by atoms with Crippen LogP contribution in [-0.4, -0.2) is 35.1 Å². The SMILES string of the molecule is CCN(CC)c1onc(-c2ccccc2)c1CN(C(=O)c1ccc(C)cc1)C(C)C. The van der Waals surface area contributed by atoms with E-state index in [1.807, 2.05) is 80.3 Å². The molecule has 3 aromatic rings. The summed E-state index contributed by atoms with van der Waals surface area (Å²) < 4.78 is 5.81. The predicted octanol–water partition coefficient (Wildman–Crippen LogP) is 5.55. The highest BCUT2D eigenvalue weighted by Crippen LogP contribution is 2.33. The molecular formula is C25H31N3O2. The topological polar surface area (TPSA) is 49.6 Å². The fraction of sp³-hybridized carbons (Fsp3) is 0.360. The summed E-state index contributed by atoms with van der Waals surface area (Å²) in [7, 11) is 0. The molecule has 0 spiro atoms. The van der Waals surface area contributed by atoms with Gasteiger partial charge in [0.25, 0.3) is 5.91 Å². The van der Waals surface area contributed by atoms with E-state index in [4.69, 9.17) is 4.52 Å². The molecule has 5 heteroatoms. The highest BCUT2D eigenvalue weighted by Gasteiger charge is 2.27. The van der Waals surface area contributed by atoms with Crippen LogP contribution in [0.25, 0.3) is 11.3 Å². The van der Waals surface area contributed by atoms with Crippen molar-refractivity contribution in [2.24, 2.45) is 0 Å². The number of carbonyl (C=O) groups is 1. The lowest BCUT2D eigenvalue weighted by atomic mass is 10.0. The number of anilines is 1. The van der Waals surface area contributed by atoms with Crippen LogP contribution in [0.4, 0.5) is 5.88 Å². The van der Waals surface area contributed by atoms with Crippen molar-refractivity contribution >= 4 is 11.8 Å². The van der Waals surface area contributed by atoms with E-state index in [-0.39, 0.29) is 11.9 Å². The number of benzene rings is 2. The maximum absolute atomic E-state index is 13.4. The lowest BCUT2D eigenvalue weighted by molar-refractivity contribution is 0.0690. The third-order valence-electron chi connectivity index (χ3n) is 5.38. The van der Waals surface area contributed by atoms with Gasteiger partial charge in [-0.1, -0.05) is 53.2 Å². The van der Waals surface area contributed by atoms with E-state index < -0.39 is 0 Å². The molecule has 158 valence electrons. The van der Waals surface area contributed by atoms with Crippen LogP contribution < -0.4 is 4.90 Å². The molecular weight excluding hydrogens is 374 g/mol. The minimum atomic E-state index is 0.00992. The van der Waals surface area contributed by atoms with Crippen molar-refractivity contribution in [1.82, 2.24) is 10.1 Å². The Morgan fingerprint density at radius 3 is 2.20 bits per heavy atom. The molecule has 0 aliphatic rings. The van der Waals surface area contributed by atoms with Crippen LogP contribution in [0.15, 0.2) is 59.1 Å². The molecule has 0 aliphatic carbocycles. The second-order valence-corrected chi connectivity index (χ2v) is 7.75. The van der Waals surface area contributed by atoms with Crippen molar-refractivity contribution in [2.75, 3.05) is 18.0 Å². The number of rotatable bonds is 8. The van der Waals surface area contributed by atoms with E-state index in [0.717, 1.165) is 41.4 Å². The van der Waals surface area contributed by atoms with Gasteiger partial charge in [0.2, 0.25) is 5.88 Å². The van der Waals surface area contributed by atoms with E-state index in [1.165, 1.54) is 0 Å². The Bertz CT molecular complexity index is 958. The number of aryl methyl sites for hydroxylation is 1. The molecule has 0 radical (unpaired) electrons. The van der Waals surface area contributed by atoms with Crippen LogP contribution in [0.1, 0.15) is 49.2 Å². The van der Waals surface area contributed by atoms with Gasteiger partial charge >= 0.3 is 0 Å². The minimum Gasteiger partial charge on any atom is -0.341 e. The van der Waals surface area contributed by atoms with Gasteiger partial charge in [-0.3, -0.25) is 4.79 Å². The molecule has 0 unspecified atom stereocenters. The van der Waals surface area contributed by atoms with Crippen LogP contribution >= 0.6 is 0 Å². The van der Waals surface area contributed by atoms with Crippen LogP contribution in [0.2, 0.25) is 0 Å². The first kappa shape index (κ1) is 21.6. The zero-order chi connectivity index (χ0) is 21.7. The van der Waals surface area contributed by atoms with Gasteiger partial charge in [-0.05, 0) is 46.8 Å². The standard InChI is InChI=1S/C25H31N3O2/c1-6-27(7-2)25-22(23(26-30-25)20-11-9-8-10-12-20)17-28(18(3)4)24(29)21-15-13-19(5)14-16-21/h8-16,18H,6-7,17H2,1-5H3. The summed E-state index contributed by atoms with van der Waals surface area (Å²) in [6.07, 6.45) is 0.